The normalized spacial score (nSPS) is 15.8. The highest BCUT2D eigenvalue weighted by Crippen LogP contribution is 2.22. The van der Waals surface area contributed by atoms with Crippen molar-refractivity contribution in [2.75, 3.05) is 39.3 Å². The first kappa shape index (κ1) is 17.2. The molecule has 2 rings (SSSR count). The Labute approximate surface area is 140 Å². The standard InChI is InChI=1S/C16H24BrN3O2/c1-12(2)22-15-10-13(9-14(17)11-15)16(21)19-5-8-20-6-3-18-4-7-20/h9-12,18H,3-8H2,1-2H3,(H,19,21). The van der Waals surface area contributed by atoms with Crippen molar-refractivity contribution in [3.8, 4) is 5.75 Å². The monoisotopic (exact) mass is 369 g/mol. The number of halogens is 1. The Bertz CT molecular complexity index is 502. The highest BCUT2D eigenvalue weighted by Gasteiger charge is 2.12. The van der Waals surface area contributed by atoms with Crippen molar-refractivity contribution in [1.29, 1.82) is 0 Å². The lowest BCUT2D eigenvalue weighted by Gasteiger charge is -2.27. The smallest absolute Gasteiger partial charge is 0.251 e. The molecule has 0 aliphatic carbocycles. The molecule has 1 aromatic carbocycles. The predicted molar refractivity (Wildman–Crippen MR) is 91.5 cm³/mol. The Kier molecular flexibility index (Phi) is 6.67. The van der Waals surface area contributed by atoms with E-state index in [-0.39, 0.29) is 12.0 Å². The van der Waals surface area contributed by atoms with Gasteiger partial charge in [-0.2, -0.15) is 0 Å². The SMILES string of the molecule is CC(C)Oc1cc(Br)cc(C(=O)NCCN2CCNCC2)c1. The molecule has 0 aromatic heterocycles. The zero-order valence-electron chi connectivity index (χ0n) is 13.2. The van der Waals surface area contributed by atoms with Gasteiger partial charge in [0.2, 0.25) is 0 Å². The lowest BCUT2D eigenvalue weighted by atomic mass is 10.2. The maximum Gasteiger partial charge on any atom is 0.251 e. The molecular formula is C16H24BrN3O2. The van der Waals surface area contributed by atoms with Gasteiger partial charge in [-0.1, -0.05) is 15.9 Å². The van der Waals surface area contributed by atoms with Gasteiger partial charge < -0.3 is 15.4 Å². The largest absolute Gasteiger partial charge is 0.491 e. The molecule has 1 amide bonds. The minimum absolute atomic E-state index is 0.0648. The number of amides is 1. The third-order valence-electron chi connectivity index (χ3n) is 3.43. The zero-order chi connectivity index (χ0) is 15.9. The minimum Gasteiger partial charge on any atom is -0.491 e. The Balaban J connectivity index is 1.87. The maximum atomic E-state index is 12.3. The van der Waals surface area contributed by atoms with Crippen molar-refractivity contribution in [1.82, 2.24) is 15.5 Å². The van der Waals surface area contributed by atoms with Crippen molar-refractivity contribution >= 4 is 21.8 Å². The van der Waals surface area contributed by atoms with Crippen molar-refractivity contribution in [2.45, 2.75) is 20.0 Å². The summed E-state index contributed by atoms with van der Waals surface area (Å²) in [5.74, 6) is 0.640. The summed E-state index contributed by atoms with van der Waals surface area (Å²) >= 11 is 3.43. The molecule has 0 saturated carbocycles. The van der Waals surface area contributed by atoms with Crippen LogP contribution >= 0.6 is 15.9 Å². The number of hydrogen-bond donors (Lipinski definition) is 2. The van der Waals surface area contributed by atoms with Crippen LogP contribution in [0.25, 0.3) is 0 Å². The molecule has 6 heteroatoms. The number of ether oxygens (including phenoxy) is 1. The topological polar surface area (TPSA) is 53.6 Å². The van der Waals surface area contributed by atoms with Crippen LogP contribution in [0.1, 0.15) is 24.2 Å². The Morgan fingerprint density at radius 2 is 2.09 bits per heavy atom. The molecule has 1 aliphatic rings. The van der Waals surface area contributed by atoms with Crippen LogP contribution in [0.5, 0.6) is 5.75 Å². The average Bonchev–Trinajstić information content (AvgIpc) is 2.47. The zero-order valence-corrected chi connectivity index (χ0v) is 14.8. The van der Waals surface area contributed by atoms with Crippen molar-refractivity contribution in [2.24, 2.45) is 0 Å². The van der Waals surface area contributed by atoms with Crippen LogP contribution in [0.3, 0.4) is 0 Å². The number of nitrogens with one attached hydrogen (secondary N) is 2. The van der Waals surface area contributed by atoms with Crippen molar-refractivity contribution in [3.05, 3.63) is 28.2 Å². The average molecular weight is 370 g/mol. The van der Waals surface area contributed by atoms with Gasteiger partial charge in [-0.05, 0) is 32.0 Å². The summed E-state index contributed by atoms with van der Waals surface area (Å²) in [6.07, 6.45) is 0.0814. The molecule has 0 radical (unpaired) electrons. The van der Waals surface area contributed by atoms with E-state index in [1.165, 1.54) is 0 Å². The summed E-state index contributed by atoms with van der Waals surface area (Å²) in [5, 5.41) is 6.30. The van der Waals surface area contributed by atoms with E-state index in [2.05, 4.69) is 31.5 Å². The van der Waals surface area contributed by atoms with Crippen LogP contribution in [0, 0.1) is 0 Å². The summed E-state index contributed by atoms with van der Waals surface area (Å²) in [7, 11) is 0. The fourth-order valence-electron chi connectivity index (χ4n) is 2.40. The van der Waals surface area contributed by atoms with E-state index in [1.807, 2.05) is 26.0 Å². The minimum atomic E-state index is -0.0648. The second-order valence-electron chi connectivity index (χ2n) is 5.69. The Morgan fingerprint density at radius 1 is 1.36 bits per heavy atom. The number of piperazine rings is 1. The van der Waals surface area contributed by atoms with Crippen LogP contribution in [-0.2, 0) is 0 Å². The molecule has 2 N–H and O–H groups in total. The summed E-state index contributed by atoms with van der Waals surface area (Å²) in [4.78, 5) is 14.6. The van der Waals surface area contributed by atoms with Crippen LogP contribution in [-0.4, -0.2) is 56.2 Å². The molecule has 1 saturated heterocycles. The van der Waals surface area contributed by atoms with E-state index in [4.69, 9.17) is 4.74 Å². The van der Waals surface area contributed by atoms with Gasteiger partial charge in [0.1, 0.15) is 5.75 Å². The fraction of sp³-hybridized carbons (Fsp3) is 0.562. The lowest BCUT2D eigenvalue weighted by Crippen LogP contribution is -2.46. The van der Waals surface area contributed by atoms with E-state index in [0.29, 0.717) is 17.9 Å². The molecule has 0 unspecified atom stereocenters. The van der Waals surface area contributed by atoms with Crippen LogP contribution in [0.4, 0.5) is 0 Å². The second-order valence-corrected chi connectivity index (χ2v) is 6.61. The van der Waals surface area contributed by atoms with Gasteiger partial charge in [0.25, 0.3) is 5.91 Å². The third-order valence-corrected chi connectivity index (χ3v) is 3.89. The molecule has 0 atom stereocenters. The number of nitrogens with zero attached hydrogens (tertiary/aromatic N) is 1. The Morgan fingerprint density at radius 3 is 2.77 bits per heavy atom. The second kappa shape index (κ2) is 8.50. The third kappa shape index (κ3) is 5.59. The van der Waals surface area contributed by atoms with Crippen LogP contribution in [0.15, 0.2) is 22.7 Å². The van der Waals surface area contributed by atoms with Gasteiger partial charge in [0.05, 0.1) is 6.10 Å². The number of benzene rings is 1. The quantitative estimate of drug-likeness (QED) is 0.803. The fourth-order valence-corrected chi connectivity index (χ4v) is 2.87. The number of carbonyl (C=O) groups excluding carboxylic acids is 1. The van der Waals surface area contributed by atoms with Gasteiger partial charge in [0, 0.05) is 49.3 Å². The first-order chi connectivity index (χ1) is 10.5. The van der Waals surface area contributed by atoms with Gasteiger partial charge in [-0.25, -0.2) is 0 Å². The van der Waals surface area contributed by atoms with E-state index in [9.17, 15) is 4.79 Å². The summed E-state index contributed by atoms with van der Waals surface area (Å²) in [6.45, 7) is 9.61. The highest BCUT2D eigenvalue weighted by atomic mass is 79.9. The number of hydrogen-bond acceptors (Lipinski definition) is 4. The number of carbonyl (C=O) groups is 1. The van der Waals surface area contributed by atoms with Gasteiger partial charge >= 0.3 is 0 Å². The lowest BCUT2D eigenvalue weighted by molar-refractivity contribution is 0.0946. The van der Waals surface area contributed by atoms with Crippen molar-refractivity contribution < 1.29 is 9.53 Å². The first-order valence-corrected chi connectivity index (χ1v) is 8.52. The number of rotatable bonds is 6. The Hall–Kier alpha value is -1.11. The summed E-state index contributed by atoms with van der Waals surface area (Å²) < 4.78 is 6.51. The molecule has 22 heavy (non-hydrogen) atoms. The summed E-state index contributed by atoms with van der Waals surface area (Å²) in [5.41, 5.74) is 0.616. The van der Waals surface area contributed by atoms with Crippen molar-refractivity contribution in [3.63, 3.8) is 0 Å². The molecule has 1 fully saturated rings. The molecule has 1 aromatic rings. The highest BCUT2D eigenvalue weighted by molar-refractivity contribution is 9.10. The first-order valence-electron chi connectivity index (χ1n) is 7.73. The van der Waals surface area contributed by atoms with Crippen LogP contribution in [0.2, 0.25) is 0 Å². The molecular weight excluding hydrogens is 346 g/mol. The predicted octanol–water partition coefficient (Wildman–Crippen LogP) is 1.87. The van der Waals surface area contributed by atoms with E-state index in [0.717, 1.165) is 37.2 Å². The van der Waals surface area contributed by atoms with Gasteiger partial charge in [-0.3, -0.25) is 9.69 Å². The van der Waals surface area contributed by atoms with Crippen LogP contribution < -0.4 is 15.4 Å². The van der Waals surface area contributed by atoms with E-state index in [1.54, 1.807) is 6.07 Å². The summed E-state index contributed by atoms with van der Waals surface area (Å²) in [6, 6.07) is 5.47. The molecule has 0 bridgehead atoms. The van der Waals surface area contributed by atoms with Gasteiger partial charge in [0.15, 0.2) is 0 Å². The van der Waals surface area contributed by atoms with Gasteiger partial charge in [-0.15, -0.1) is 0 Å². The van der Waals surface area contributed by atoms with E-state index < -0.39 is 0 Å². The molecule has 1 heterocycles. The molecule has 5 nitrogen and oxygen atoms in total. The van der Waals surface area contributed by atoms with E-state index >= 15 is 0 Å². The molecule has 0 spiro atoms. The maximum absolute atomic E-state index is 12.3. The molecule has 1 aliphatic heterocycles. The molecule has 122 valence electrons.